The van der Waals surface area contributed by atoms with Gasteiger partial charge in [-0.2, -0.15) is 0 Å². The number of hydrogen-bond acceptors (Lipinski definition) is 7. The maximum absolute atomic E-state index is 12.3. The van der Waals surface area contributed by atoms with Crippen molar-refractivity contribution in [1.29, 1.82) is 0 Å². The molecular formula is C31H28Cl2N2O5S. The maximum atomic E-state index is 12.3. The van der Waals surface area contributed by atoms with E-state index < -0.39 is 11.6 Å². The maximum Gasteiger partial charge on any atom is 0.335 e. The van der Waals surface area contributed by atoms with Gasteiger partial charge in [-0.15, -0.1) is 11.3 Å². The monoisotopic (exact) mass is 610 g/mol. The number of ether oxygens (including phenoxy) is 1. The van der Waals surface area contributed by atoms with E-state index in [4.69, 9.17) is 37.4 Å². The first-order valence-electron chi connectivity index (χ1n) is 14.2. The van der Waals surface area contributed by atoms with Gasteiger partial charge in [-0.05, 0) is 93.0 Å². The topological polar surface area (TPSA) is 106 Å². The zero-order valence-electron chi connectivity index (χ0n) is 22.1. The highest BCUT2D eigenvalue weighted by Gasteiger charge is 2.64. The molecule has 9 rings (SSSR count). The average Bonchev–Trinajstić information content (AvgIpc) is 3.55. The number of nitrogens with zero attached hydrogens (tertiary/aromatic N) is 2. The average molecular weight is 612 g/mol. The van der Waals surface area contributed by atoms with Crippen LogP contribution in [0, 0.1) is 17.8 Å². The molecule has 5 fully saturated rings. The van der Waals surface area contributed by atoms with E-state index in [0.717, 1.165) is 66.5 Å². The molecule has 2 aromatic heterocycles. The predicted octanol–water partition coefficient (Wildman–Crippen LogP) is 7.82. The third kappa shape index (κ3) is 4.09. The molecule has 5 aliphatic rings. The van der Waals surface area contributed by atoms with Crippen LogP contribution in [-0.4, -0.2) is 31.9 Å². The van der Waals surface area contributed by atoms with Crippen molar-refractivity contribution in [3.8, 4) is 11.3 Å². The van der Waals surface area contributed by atoms with Gasteiger partial charge in [-0.1, -0.05) is 34.4 Å². The molecule has 212 valence electrons. The molecule has 0 amide bonds. The van der Waals surface area contributed by atoms with Crippen LogP contribution in [0.4, 0.5) is 0 Å². The van der Waals surface area contributed by atoms with Gasteiger partial charge in [0.05, 0.1) is 38.0 Å². The van der Waals surface area contributed by atoms with Crippen molar-refractivity contribution in [2.45, 2.75) is 68.7 Å². The van der Waals surface area contributed by atoms with Crippen LogP contribution in [0.25, 0.3) is 21.5 Å². The van der Waals surface area contributed by atoms with Gasteiger partial charge in [-0.25, -0.2) is 9.78 Å². The molecule has 4 bridgehead atoms. The molecular weight excluding hydrogens is 583 g/mol. The van der Waals surface area contributed by atoms with Crippen molar-refractivity contribution in [2.75, 3.05) is 0 Å². The van der Waals surface area contributed by atoms with Gasteiger partial charge in [0.15, 0.2) is 0 Å². The lowest BCUT2D eigenvalue weighted by Crippen LogP contribution is -2.62. The van der Waals surface area contributed by atoms with Crippen LogP contribution in [0.2, 0.25) is 10.0 Å². The van der Waals surface area contributed by atoms with Crippen LogP contribution in [0.3, 0.4) is 0 Å². The number of fused-ring (bicyclic) bond motifs is 1. The Labute approximate surface area is 250 Å². The number of carboxylic acids is 1. The first-order valence-corrected chi connectivity index (χ1v) is 15.7. The highest BCUT2D eigenvalue weighted by molar-refractivity contribution is 7.18. The van der Waals surface area contributed by atoms with Crippen molar-refractivity contribution < 1.29 is 24.3 Å². The molecule has 5 atom stereocenters. The van der Waals surface area contributed by atoms with Crippen molar-refractivity contribution >= 4 is 50.7 Å². The molecule has 41 heavy (non-hydrogen) atoms. The molecule has 7 nitrogen and oxygen atoms in total. The largest absolute Gasteiger partial charge is 0.478 e. The Balaban J connectivity index is 1.10. The second-order valence-corrected chi connectivity index (χ2v) is 14.2. The fourth-order valence-corrected chi connectivity index (χ4v) is 9.77. The van der Waals surface area contributed by atoms with Crippen LogP contribution < -0.4 is 0 Å². The number of hydrogen-bond donors (Lipinski definition) is 2. The standard InChI is InChI=1S/C31H28Cl2N2O5S/c32-21-2-1-3-22(33)25(21)26-20(27(40-35-26)16-4-5-16)14-39-30-11-15-8-18(12-30)31(38,19(9-15)13-30)29-34-23-7-6-17(28(36)37)10-24(23)41-29/h1-3,6-7,10,15-16,18-19,38H,4-5,8-9,11-14H2,(H,36,37)/t15?,18-,19?,30+,31+/m0/s1. The third-order valence-electron chi connectivity index (χ3n) is 9.84. The summed E-state index contributed by atoms with van der Waals surface area (Å²) in [6.07, 6.45) is 6.49. The zero-order valence-corrected chi connectivity index (χ0v) is 24.4. The summed E-state index contributed by atoms with van der Waals surface area (Å²) in [6.45, 7) is 0.357. The lowest BCUT2D eigenvalue weighted by molar-refractivity contribution is -0.250. The summed E-state index contributed by atoms with van der Waals surface area (Å²) in [5.74, 6) is 0.786. The predicted molar refractivity (Wildman–Crippen MR) is 155 cm³/mol. The molecule has 0 radical (unpaired) electrons. The molecule has 5 aliphatic carbocycles. The number of thiazole rings is 1. The first-order chi connectivity index (χ1) is 19.7. The molecule has 4 aromatic rings. The Morgan fingerprint density at radius 1 is 1.10 bits per heavy atom. The lowest BCUT2D eigenvalue weighted by Gasteiger charge is -2.62. The first kappa shape index (κ1) is 26.2. The normalized spacial score (nSPS) is 30.4. The Kier molecular flexibility index (Phi) is 5.90. The summed E-state index contributed by atoms with van der Waals surface area (Å²) in [5.41, 5.74) is 1.83. The van der Waals surface area contributed by atoms with Crippen molar-refractivity contribution in [2.24, 2.45) is 17.8 Å². The van der Waals surface area contributed by atoms with E-state index in [9.17, 15) is 15.0 Å². The number of rotatable bonds is 7. The van der Waals surface area contributed by atoms with E-state index >= 15 is 0 Å². The molecule has 0 aliphatic heterocycles. The summed E-state index contributed by atoms with van der Waals surface area (Å²) in [5, 5.41) is 27.9. The third-order valence-corrected chi connectivity index (χ3v) is 11.6. The molecule has 0 saturated heterocycles. The minimum absolute atomic E-state index is 0.0242. The van der Waals surface area contributed by atoms with Crippen LogP contribution in [0.15, 0.2) is 40.9 Å². The number of aliphatic hydroxyl groups is 1. The lowest BCUT2D eigenvalue weighted by atomic mass is 9.48. The van der Waals surface area contributed by atoms with Crippen LogP contribution in [-0.2, 0) is 16.9 Å². The van der Waals surface area contributed by atoms with E-state index in [0.29, 0.717) is 44.8 Å². The molecule has 10 heteroatoms. The fourth-order valence-electron chi connectivity index (χ4n) is 7.94. The van der Waals surface area contributed by atoms with Gasteiger partial charge >= 0.3 is 5.97 Å². The Morgan fingerprint density at radius 3 is 2.51 bits per heavy atom. The van der Waals surface area contributed by atoms with Crippen molar-refractivity contribution in [1.82, 2.24) is 10.1 Å². The summed E-state index contributed by atoms with van der Waals surface area (Å²) in [4.78, 5) is 16.3. The SMILES string of the molecule is O=C(O)c1ccc2nc([C@]3(O)C4CC5C[C@H]3C[C@](OCc3c(-c6c(Cl)cccc6Cl)noc3C3CC3)(C5)C4)sc2c1. The second kappa shape index (κ2) is 9.25. The van der Waals surface area contributed by atoms with Crippen molar-refractivity contribution in [3.63, 3.8) is 0 Å². The van der Waals surface area contributed by atoms with E-state index in [1.165, 1.54) is 11.3 Å². The highest BCUT2D eigenvalue weighted by Crippen LogP contribution is 2.65. The number of aromatic carboxylic acids is 1. The number of carbonyl (C=O) groups is 1. The molecule has 5 saturated carbocycles. The van der Waals surface area contributed by atoms with E-state index in [2.05, 4.69) is 5.16 Å². The number of carboxylic acid groups (broad SMARTS) is 1. The van der Waals surface area contributed by atoms with Gasteiger partial charge < -0.3 is 19.5 Å². The Bertz CT molecular complexity index is 1680. The second-order valence-electron chi connectivity index (χ2n) is 12.4. The molecule has 0 spiro atoms. The summed E-state index contributed by atoms with van der Waals surface area (Å²) < 4.78 is 13.6. The van der Waals surface area contributed by atoms with Crippen LogP contribution in [0.5, 0.6) is 0 Å². The number of halogens is 2. The van der Waals surface area contributed by atoms with Gasteiger partial charge in [-0.3, -0.25) is 0 Å². The van der Waals surface area contributed by atoms with Crippen LogP contribution in [0.1, 0.15) is 77.6 Å². The Morgan fingerprint density at radius 2 is 1.83 bits per heavy atom. The molecule has 2 heterocycles. The van der Waals surface area contributed by atoms with Crippen LogP contribution >= 0.6 is 34.5 Å². The fraction of sp³-hybridized carbons (Fsp3) is 0.452. The summed E-state index contributed by atoms with van der Waals surface area (Å²) in [6, 6.07) is 10.4. The highest BCUT2D eigenvalue weighted by atomic mass is 35.5. The molecule has 2 unspecified atom stereocenters. The van der Waals surface area contributed by atoms with Crippen molar-refractivity contribution in [3.05, 3.63) is 68.3 Å². The zero-order chi connectivity index (χ0) is 28.1. The van der Waals surface area contributed by atoms with E-state index in [-0.39, 0.29) is 23.0 Å². The Hall–Kier alpha value is -2.49. The van der Waals surface area contributed by atoms with E-state index in [1.807, 2.05) is 18.2 Å². The number of aromatic nitrogens is 2. The summed E-state index contributed by atoms with van der Waals surface area (Å²) >= 11 is 14.6. The van der Waals surface area contributed by atoms with Gasteiger partial charge in [0.2, 0.25) is 0 Å². The van der Waals surface area contributed by atoms with Gasteiger partial charge in [0.25, 0.3) is 0 Å². The smallest absolute Gasteiger partial charge is 0.335 e. The minimum Gasteiger partial charge on any atom is -0.478 e. The van der Waals surface area contributed by atoms with E-state index in [1.54, 1.807) is 18.2 Å². The summed E-state index contributed by atoms with van der Waals surface area (Å²) in [7, 11) is 0. The number of benzene rings is 2. The van der Waals surface area contributed by atoms with Gasteiger partial charge in [0.1, 0.15) is 22.1 Å². The molecule has 2 aromatic carbocycles. The molecule has 2 N–H and O–H groups in total. The quantitative estimate of drug-likeness (QED) is 0.220. The van der Waals surface area contributed by atoms with Gasteiger partial charge in [0, 0.05) is 17.0 Å². The minimum atomic E-state index is -1.04.